The Hall–Kier alpha value is -2.82. The molecular weight excluding hydrogens is 364 g/mol. The van der Waals surface area contributed by atoms with Crippen LogP contribution < -0.4 is 10.1 Å². The molecule has 2 aromatic carbocycles. The summed E-state index contributed by atoms with van der Waals surface area (Å²) in [6.07, 6.45) is 0.950. The maximum absolute atomic E-state index is 13.0. The fraction of sp³-hybridized carbons (Fsp3) is 0.417. The van der Waals surface area contributed by atoms with E-state index in [0.29, 0.717) is 12.3 Å². The number of aryl methyl sites for hydroxylation is 2. The highest BCUT2D eigenvalue weighted by molar-refractivity contribution is 5.88. The summed E-state index contributed by atoms with van der Waals surface area (Å²) in [7, 11) is 0. The van der Waals surface area contributed by atoms with E-state index in [1.807, 2.05) is 69.3 Å². The van der Waals surface area contributed by atoms with Crippen molar-refractivity contribution in [3.63, 3.8) is 0 Å². The Morgan fingerprint density at radius 2 is 1.72 bits per heavy atom. The standard InChI is InChI=1S/C24H32N2O3/c1-6-20-10-12-22(13-11-20)29-16-23(27)26(19(5)24(28)25-17(2)3)15-21-9-7-8-18(4)14-21/h7-14,17,19H,6,15-16H2,1-5H3,(H,25,28)/t19-/m1/s1. The number of hydrogen-bond donors (Lipinski definition) is 1. The zero-order valence-corrected chi connectivity index (χ0v) is 18.1. The SMILES string of the molecule is CCc1ccc(OCC(=O)N(Cc2cccc(C)c2)[C@H](C)C(=O)NC(C)C)cc1. The first-order chi connectivity index (χ1) is 13.8. The summed E-state index contributed by atoms with van der Waals surface area (Å²) in [6.45, 7) is 9.89. The number of ether oxygens (including phenoxy) is 1. The monoisotopic (exact) mass is 396 g/mol. The summed E-state index contributed by atoms with van der Waals surface area (Å²) in [5.74, 6) is 0.246. The summed E-state index contributed by atoms with van der Waals surface area (Å²) in [5.41, 5.74) is 3.31. The topological polar surface area (TPSA) is 58.6 Å². The Morgan fingerprint density at radius 3 is 2.31 bits per heavy atom. The number of carbonyl (C=O) groups is 2. The molecule has 0 aliphatic rings. The molecule has 2 aromatic rings. The van der Waals surface area contributed by atoms with Crippen molar-refractivity contribution in [2.24, 2.45) is 0 Å². The fourth-order valence-corrected chi connectivity index (χ4v) is 3.04. The van der Waals surface area contributed by atoms with Crippen LogP contribution in [0.2, 0.25) is 0 Å². The van der Waals surface area contributed by atoms with Crippen LogP contribution >= 0.6 is 0 Å². The molecule has 0 unspecified atom stereocenters. The van der Waals surface area contributed by atoms with Gasteiger partial charge >= 0.3 is 0 Å². The molecule has 0 aliphatic carbocycles. The van der Waals surface area contributed by atoms with Gasteiger partial charge in [-0.2, -0.15) is 0 Å². The summed E-state index contributed by atoms with van der Waals surface area (Å²) < 4.78 is 5.70. The van der Waals surface area contributed by atoms with Gasteiger partial charge in [0.2, 0.25) is 5.91 Å². The first kappa shape index (κ1) is 22.5. The Kier molecular flexibility index (Phi) is 8.25. The van der Waals surface area contributed by atoms with Crippen molar-refractivity contribution in [3.05, 3.63) is 65.2 Å². The smallest absolute Gasteiger partial charge is 0.261 e. The number of rotatable bonds is 9. The van der Waals surface area contributed by atoms with E-state index < -0.39 is 6.04 Å². The van der Waals surface area contributed by atoms with Crippen molar-refractivity contribution in [1.82, 2.24) is 10.2 Å². The molecule has 2 amide bonds. The largest absolute Gasteiger partial charge is 0.484 e. The van der Waals surface area contributed by atoms with Crippen molar-refractivity contribution in [2.45, 2.75) is 59.7 Å². The summed E-state index contributed by atoms with van der Waals surface area (Å²) in [5, 5.41) is 2.89. The molecule has 0 fully saturated rings. The van der Waals surface area contributed by atoms with E-state index >= 15 is 0 Å². The summed E-state index contributed by atoms with van der Waals surface area (Å²) >= 11 is 0. The maximum atomic E-state index is 13.0. The van der Waals surface area contributed by atoms with Crippen molar-refractivity contribution in [1.29, 1.82) is 0 Å². The zero-order chi connectivity index (χ0) is 21.4. The highest BCUT2D eigenvalue weighted by Gasteiger charge is 2.26. The van der Waals surface area contributed by atoms with Gasteiger partial charge in [-0.05, 0) is 57.4 Å². The molecule has 29 heavy (non-hydrogen) atoms. The predicted molar refractivity (Wildman–Crippen MR) is 116 cm³/mol. The van der Waals surface area contributed by atoms with Crippen LogP contribution in [0.15, 0.2) is 48.5 Å². The van der Waals surface area contributed by atoms with Gasteiger partial charge in [0, 0.05) is 12.6 Å². The highest BCUT2D eigenvalue weighted by atomic mass is 16.5. The lowest BCUT2D eigenvalue weighted by atomic mass is 10.1. The van der Waals surface area contributed by atoms with Gasteiger partial charge in [0.15, 0.2) is 6.61 Å². The van der Waals surface area contributed by atoms with Gasteiger partial charge in [-0.15, -0.1) is 0 Å². The van der Waals surface area contributed by atoms with E-state index in [4.69, 9.17) is 4.74 Å². The molecule has 0 heterocycles. The minimum absolute atomic E-state index is 0.00852. The maximum Gasteiger partial charge on any atom is 0.261 e. The van der Waals surface area contributed by atoms with Gasteiger partial charge in [0.1, 0.15) is 11.8 Å². The van der Waals surface area contributed by atoms with Gasteiger partial charge in [0.05, 0.1) is 0 Å². The van der Waals surface area contributed by atoms with E-state index in [9.17, 15) is 9.59 Å². The van der Waals surface area contributed by atoms with Gasteiger partial charge in [-0.3, -0.25) is 9.59 Å². The fourth-order valence-electron chi connectivity index (χ4n) is 3.04. The van der Waals surface area contributed by atoms with Crippen LogP contribution in [0.1, 0.15) is 44.4 Å². The second-order valence-electron chi connectivity index (χ2n) is 7.64. The van der Waals surface area contributed by atoms with Gasteiger partial charge < -0.3 is 15.0 Å². The molecule has 0 saturated heterocycles. The number of nitrogens with one attached hydrogen (secondary N) is 1. The Labute approximate surface area is 174 Å². The van der Waals surface area contributed by atoms with Crippen molar-refractivity contribution < 1.29 is 14.3 Å². The third-order valence-electron chi connectivity index (χ3n) is 4.73. The molecule has 1 atom stereocenters. The molecule has 2 rings (SSSR count). The number of nitrogens with zero attached hydrogens (tertiary/aromatic N) is 1. The van der Waals surface area contributed by atoms with E-state index in [-0.39, 0.29) is 24.5 Å². The Morgan fingerprint density at radius 1 is 1.03 bits per heavy atom. The van der Waals surface area contributed by atoms with Crippen LogP contribution in [-0.4, -0.2) is 35.4 Å². The lowest BCUT2D eigenvalue weighted by molar-refractivity contribution is -0.142. The minimum Gasteiger partial charge on any atom is -0.484 e. The second kappa shape index (κ2) is 10.6. The van der Waals surface area contributed by atoms with Crippen molar-refractivity contribution in [3.8, 4) is 5.75 Å². The lowest BCUT2D eigenvalue weighted by Gasteiger charge is -2.29. The van der Waals surface area contributed by atoms with Crippen LogP contribution in [0.5, 0.6) is 5.75 Å². The van der Waals surface area contributed by atoms with E-state index in [1.165, 1.54) is 5.56 Å². The quantitative estimate of drug-likeness (QED) is 0.700. The minimum atomic E-state index is -0.600. The molecule has 0 bridgehead atoms. The highest BCUT2D eigenvalue weighted by Crippen LogP contribution is 2.15. The zero-order valence-electron chi connectivity index (χ0n) is 18.1. The molecular formula is C24H32N2O3. The van der Waals surface area contributed by atoms with Crippen LogP contribution in [-0.2, 0) is 22.6 Å². The first-order valence-corrected chi connectivity index (χ1v) is 10.2. The van der Waals surface area contributed by atoms with Gasteiger partial charge in [-0.25, -0.2) is 0 Å². The van der Waals surface area contributed by atoms with Crippen LogP contribution in [0.25, 0.3) is 0 Å². The molecule has 0 spiro atoms. The average molecular weight is 397 g/mol. The Balaban J connectivity index is 2.13. The molecule has 5 nitrogen and oxygen atoms in total. The number of amides is 2. The van der Waals surface area contributed by atoms with E-state index in [2.05, 4.69) is 12.2 Å². The second-order valence-corrected chi connectivity index (χ2v) is 7.64. The third kappa shape index (κ3) is 6.93. The third-order valence-corrected chi connectivity index (χ3v) is 4.73. The molecule has 5 heteroatoms. The lowest BCUT2D eigenvalue weighted by Crippen LogP contribution is -2.50. The molecule has 156 valence electrons. The molecule has 1 N–H and O–H groups in total. The Bertz CT molecular complexity index is 815. The van der Waals surface area contributed by atoms with Crippen molar-refractivity contribution >= 4 is 11.8 Å². The molecule has 0 aliphatic heterocycles. The van der Waals surface area contributed by atoms with Gasteiger partial charge in [0.25, 0.3) is 5.91 Å². The molecule has 0 radical (unpaired) electrons. The van der Waals surface area contributed by atoms with Crippen LogP contribution in [0.4, 0.5) is 0 Å². The molecule has 0 saturated carbocycles. The van der Waals surface area contributed by atoms with Crippen LogP contribution in [0.3, 0.4) is 0 Å². The molecule has 0 aromatic heterocycles. The number of hydrogen-bond acceptors (Lipinski definition) is 3. The van der Waals surface area contributed by atoms with Crippen molar-refractivity contribution in [2.75, 3.05) is 6.61 Å². The summed E-state index contributed by atoms with van der Waals surface area (Å²) in [4.78, 5) is 27.1. The van der Waals surface area contributed by atoms with E-state index in [0.717, 1.165) is 17.5 Å². The van der Waals surface area contributed by atoms with Gasteiger partial charge in [-0.1, -0.05) is 48.9 Å². The average Bonchev–Trinajstić information content (AvgIpc) is 2.69. The normalized spacial score (nSPS) is 11.8. The summed E-state index contributed by atoms with van der Waals surface area (Å²) in [6, 6.07) is 15.1. The van der Waals surface area contributed by atoms with Crippen LogP contribution in [0, 0.1) is 6.92 Å². The number of carbonyl (C=O) groups excluding carboxylic acids is 2. The first-order valence-electron chi connectivity index (χ1n) is 10.2. The van der Waals surface area contributed by atoms with E-state index in [1.54, 1.807) is 11.8 Å². The number of benzene rings is 2. The predicted octanol–water partition coefficient (Wildman–Crippen LogP) is 3.88.